The van der Waals surface area contributed by atoms with Crippen molar-refractivity contribution in [2.75, 3.05) is 0 Å². The molecule has 106 valence electrons. The van der Waals surface area contributed by atoms with Crippen LogP contribution in [0.3, 0.4) is 0 Å². The maximum absolute atomic E-state index is 4.38. The highest BCUT2D eigenvalue weighted by atomic mass is 15.3. The number of pyridine rings is 1. The molecule has 1 N–H and O–H groups in total. The zero-order valence-corrected chi connectivity index (χ0v) is 12.0. The van der Waals surface area contributed by atoms with Gasteiger partial charge in [-0.15, -0.1) is 0 Å². The van der Waals surface area contributed by atoms with Crippen molar-refractivity contribution in [1.29, 1.82) is 0 Å². The quantitative estimate of drug-likeness (QED) is 0.780. The van der Waals surface area contributed by atoms with Crippen LogP contribution in [0.5, 0.6) is 0 Å². The molecule has 1 aromatic carbocycles. The molecular formula is C17H18N4. The summed E-state index contributed by atoms with van der Waals surface area (Å²) in [4.78, 5) is 4.38. The lowest BCUT2D eigenvalue weighted by atomic mass is 10.2. The van der Waals surface area contributed by atoms with Gasteiger partial charge in [0, 0.05) is 31.7 Å². The fourth-order valence-electron chi connectivity index (χ4n) is 2.22. The third kappa shape index (κ3) is 3.35. The third-order valence-corrected chi connectivity index (χ3v) is 3.44. The van der Waals surface area contributed by atoms with Gasteiger partial charge in [-0.25, -0.2) is 4.68 Å². The van der Waals surface area contributed by atoms with Gasteiger partial charge < -0.3 is 5.32 Å². The summed E-state index contributed by atoms with van der Waals surface area (Å²) in [5.41, 5.74) is 4.65. The van der Waals surface area contributed by atoms with Gasteiger partial charge in [-0.1, -0.05) is 18.2 Å². The maximum Gasteiger partial charge on any atom is 0.0645 e. The lowest BCUT2D eigenvalue weighted by molar-refractivity contribution is 0.676. The summed E-state index contributed by atoms with van der Waals surface area (Å²) in [6.45, 7) is 3.70. The van der Waals surface area contributed by atoms with Crippen LogP contribution in [-0.2, 0) is 13.1 Å². The Kier molecular flexibility index (Phi) is 4.07. The first-order chi connectivity index (χ1) is 10.3. The van der Waals surface area contributed by atoms with Gasteiger partial charge in [0.1, 0.15) is 0 Å². The molecule has 0 aliphatic carbocycles. The zero-order valence-electron chi connectivity index (χ0n) is 12.0. The molecule has 3 aromatic rings. The molecule has 0 atom stereocenters. The van der Waals surface area contributed by atoms with E-state index < -0.39 is 0 Å². The zero-order chi connectivity index (χ0) is 14.5. The molecule has 0 amide bonds. The summed E-state index contributed by atoms with van der Waals surface area (Å²) >= 11 is 0. The van der Waals surface area contributed by atoms with Gasteiger partial charge in [0.25, 0.3) is 0 Å². The van der Waals surface area contributed by atoms with E-state index in [2.05, 4.69) is 52.7 Å². The average molecular weight is 278 g/mol. The second kappa shape index (κ2) is 6.33. The van der Waals surface area contributed by atoms with Crippen molar-refractivity contribution >= 4 is 0 Å². The van der Waals surface area contributed by atoms with Gasteiger partial charge in [0.05, 0.1) is 11.4 Å². The summed E-state index contributed by atoms with van der Waals surface area (Å²) in [6.07, 6.45) is 5.56. The first-order valence-electron chi connectivity index (χ1n) is 7.03. The standard InChI is InChI=1S/C17H18N4/c1-14-4-2-9-19-17(14)13-18-12-15-5-7-16(8-6-15)21-11-3-10-20-21/h2-11,18H,12-13H2,1H3. The van der Waals surface area contributed by atoms with E-state index in [0.29, 0.717) is 0 Å². The molecule has 0 aliphatic heterocycles. The van der Waals surface area contributed by atoms with Crippen LogP contribution in [0.1, 0.15) is 16.8 Å². The Morgan fingerprint density at radius 3 is 2.57 bits per heavy atom. The van der Waals surface area contributed by atoms with E-state index in [0.717, 1.165) is 24.5 Å². The number of aromatic nitrogens is 3. The highest BCUT2D eigenvalue weighted by Gasteiger charge is 2.00. The van der Waals surface area contributed by atoms with Gasteiger partial charge in [-0.2, -0.15) is 5.10 Å². The number of benzene rings is 1. The van der Waals surface area contributed by atoms with Crippen molar-refractivity contribution < 1.29 is 0 Å². The molecule has 0 bridgehead atoms. The highest BCUT2D eigenvalue weighted by Crippen LogP contribution is 2.09. The van der Waals surface area contributed by atoms with Crippen LogP contribution >= 0.6 is 0 Å². The molecule has 0 spiro atoms. The molecular weight excluding hydrogens is 260 g/mol. The Balaban J connectivity index is 1.58. The largest absolute Gasteiger partial charge is 0.307 e. The van der Waals surface area contributed by atoms with Gasteiger partial charge in [0.15, 0.2) is 0 Å². The van der Waals surface area contributed by atoms with Crippen LogP contribution in [-0.4, -0.2) is 14.8 Å². The summed E-state index contributed by atoms with van der Waals surface area (Å²) < 4.78 is 1.86. The van der Waals surface area contributed by atoms with Crippen LogP contribution in [0, 0.1) is 6.92 Å². The lowest BCUT2D eigenvalue weighted by Crippen LogP contribution is -2.14. The van der Waals surface area contributed by atoms with Crippen LogP contribution < -0.4 is 5.32 Å². The molecule has 3 rings (SSSR count). The van der Waals surface area contributed by atoms with E-state index in [1.54, 1.807) is 6.20 Å². The predicted octanol–water partition coefficient (Wildman–Crippen LogP) is 2.87. The Labute approximate surface area is 124 Å². The summed E-state index contributed by atoms with van der Waals surface area (Å²) in [7, 11) is 0. The second-order valence-corrected chi connectivity index (χ2v) is 4.99. The van der Waals surface area contributed by atoms with Gasteiger partial charge in [0.2, 0.25) is 0 Å². The van der Waals surface area contributed by atoms with E-state index >= 15 is 0 Å². The number of nitrogens with one attached hydrogen (secondary N) is 1. The van der Waals surface area contributed by atoms with Crippen LogP contribution in [0.2, 0.25) is 0 Å². The normalized spacial score (nSPS) is 10.7. The van der Waals surface area contributed by atoms with Crippen LogP contribution in [0.15, 0.2) is 61.1 Å². The smallest absolute Gasteiger partial charge is 0.0645 e. The molecule has 2 heterocycles. The Hall–Kier alpha value is -2.46. The van der Waals surface area contributed by atoms with Crippen molar-refractivity contribution in [3.63, 3.8) is 0 Å². The minimum Gasteiger partial charge on any atom is -0.307 e. The van der Waals surface area contributed by atoms with E-state index in [1.807, 2.05) is 29.2 Å². The Bertz CT molecular complexity index is 687. The SMILES string of the molecule is Cc1cccnc1CNCc1ccc(-n2cccn2)cc1. The molecule has 0 saturated heterocycles. The molecule has 4 nitrogen and oxygen atoms in total. The third-order valence-electron chi connectivity index (χ3n) is 3.44. The fraction of sp³-hybridized carbons (Fsp3) is 0.176. The molecule has 0 aliphatic rings. The highest BCUT2D eigenvalue weighted by molar-refractivity contribution is 5.33. The van der Waals surface area contributed by atoms with Crippen molar-refractivity contribution in [3.8, 4) is 5.69 Å². The summed E-state index contributed by atoms with van der Waals surface area (Å²) in [5.74, 6) is 0. The summed E-state index contributed by atoms with van der Waals surface area (Å²) in [6, 6.07) is 14.4. The fourth-order valence-corrected chi connectivity index (χ4v) is 2.22. The van der Waals surface area contributed by atoms with Gasteiger partial charge >= 0.3 is 0 Å². The van der Waals surface area contributed by atoms with Crippen molar-refractivity contribution in [2.24, 2.45) is 0 Å². The first kappa shape index (κ1) is 13.5. The molecule has 0 unspecified atom stereocenters. The lowest BCUT2D eigenvalue weighted by Gasteiger charge is -2.08. The molecule has 2 aromatic heterocycles. The van der Waals surface area contributed by atoms with Gasteiger partial charge in [-0.3, -0.25) is 4.98 Å². The molecule has 21 heavy (non-hydrogen) atoms. The molecule has 0 saturated carbocycles. The number of aryl methyl sites for hydroxylation is 1. The Morgan fingerprint density at radius 2 is 1.86 bits per heavy atom. The van der Waals surface area contributed by atoms with E-state index in [4.69, 9.17) is 0 Å². The number of hydrogen-bond donors (Lipinski definition) is 1. The minimum absolute atomic E-state index is 0.785. The van der Waals surface area contributed by atoms with Crippen LogP contribution in [0.25, 0.3) is 5.69 Å². The number of rotatable bonds is 5. The van der Waals surface area contributed by atoms with Crippen molar-refractivity contribution in [2.45, 2.75) is 20.0 Å². The van der Waals surface area contributed by atoms with Crippen LogP contribution in [0.4, 0.5) is 0 Å². The average Bonchev–Trinajstić information content (AvgIpc) is 3.04. The van der Waals surface area contributed by atoms with E-state index in [1.165, 1.54) is 11.1 Å². The number of nitrogens with zero attached hydrogens (tertiary/aromatic N) is 3. The van der Waals surface area contributed by atoms with E-state index in [9.17, 15) is 0 Å². The molecule has 4 heteroatoms. The summed E-state index contributed by atoms with van der Waals surface area (Å²) in [5, 5.41) is 7.65. The predicted molar refractivity (Wildman–Crippen MR) is 83.1 cm³/mol. The van der Waals surface area contributed by atoms with E-state index in [-0.39, 0.29) is 0 Å². The monoisotopic (exact) mass is 278 g/mol. The second-order valence-electron chi connectivity index (χ2n) is 4.99. The number of hydrogen-bond acceptors (Lipinski definition) is 3. The first-order valence-corrected chi connectivity index (χ1v) is 7.03. The maximum atomic E-state index is 4.38. The van der Waals surface area contributed by atoms with Crippen molar-refractivity contribution in [1.82, 2.24) is 20.1 Å². The van der Waals surface area contributed by atoms with Crippen molar-refractivity contribution in [3.05, 3.63) is 77.9 Å². The van der Waals surface area contributed by atoms with Gasteiger partial charge in [-0.05, 0) is 42.3 Å². The topological polar surface area (TPSA) is 42.7 Å². The molecule has 0 radical (unpaired) electrons. The Morgan fingerprint density at radius 1 is 1.00 bits per heavy atom. The molecule has 0 fully saturated rings. The minimum atomic E-state index is 0.785.